The summed E-state index contributed by atoms with van der Waals surface area (Å²) in [6.07, 6.45) is 4.12. The lowest BCUT2D eigenvalue weighted by Gasteiger charge is -2.28. The van der Waals surface area contributed by atoms with Gasteiger partial charge in [-0.15, -0.1) is 0 Å². The number of hydrogen-bond acceptors (Lipinski definition) is 2. The Balaban J connectivity index is 0.000000161. The second-order valence-corrected chi connectivity index (χ2v) is 5.13. The second-order valence-electron chi connectivity index (χ2n) is 5.13. The predicted molar refractivity (Wildman–Crippen MR) is 90.1 cm³/mol. The maximum Gasteiger partial charge on any atom is 0.119 e. The Hall–Kier alpha value is -1.96. The monoisotopic (exact) mass is 283 g/mol. The SMILES string of the molecule is CCOc1ccccc1.c1ccc(N2CCCCC2)cc1. The van der Waals surface area contributed by atoms with Gasteiger partial charge < -0.3 is 9.64 Å². The summed E-state index contributed by atoms with van der Waals surface area (Å²) >= 11 is 0. The maximum absolute atomic E-state index is 5.21. The fourth-order valence-electron chi connectivity index (χ4n) is 2.47. The van der Waals surface area contributed by atoms with E-state index in [0.717, 1.165) is 12.4 Å². The van der Waals surface area contributed by atoms with Gasteiger partial charge in [-0.1, -0.05) is 36.4 Å². The molecule has 0 spiro atoms. The molecule has 2 aromatic carbocycles. The number of ether oxygens (including phenoxy) is 1. The molecule has 0 bridgehead atoms. The first-order valence-corrected chi connectivity index (χ1v) is 7.88. The van der Waals surface area contributed by atoms with Gasteiger partial charge in [0.25, 0.3) is 0 Å². The average molecular weight is 283 g/mol. The molecular weight excluding hydrogens is 258 g/mol. The second kappa shape index (κ2) is 9.06. The minimum atomic E-state index is 0.740. The van der Waals surface area contributed by atoms with Crippen LogP contribution in [0, 0.1) is 0 Å². The number of piperidine rings is 1. The van der Waals surface area contributed by atoms with Crippen molar-refractivity contribution in [1.82, 2.24) is 0 Å². The molecule has 1 aliphatic rings. The number of rotatable bonds is 3. The van der Waals surface area contributed by atoms with Gasteiger partial charge in [0.2, 0.25) is 0 Å². The van der Waals surface area contributed by atoms with E-state index in [1.54, 1.807) is 0 Å². The molecule has 21 heavy (non-hydrogen) atoms. The molecule has 112 valence electrons. The van der Waals surface area contributed by atoms with Crippen LogP contribution in [-0.2, 0) is 0 Å². The van der Waals surface area contributed by atoms with Crippen molar-refractivity contribution in [2.75, 3.05) is 24.6 Å². The topological polar surface area (TPSA) is 12.5 Å². The molecule has 1 saturated heterocycles. The molecular formula is C19H25NO. The van der Waals surface area contributed by atoms with Crippen molar-refractivity contribution >= 4 is 5.69 Å². The van der Waals surface area contributed by atoms with Gasteiger partial charge in [-0.05, 0) is 50.5 Å². The summed E-state index contributed by atoms with van der Waals surface area (Å²) in [5, 5.41) is 0. The van der Waals surface area contributed by atoms with E-state index in [9.17, 15) is 0 Å². The van der Waals surface area contributed by atoms with Crippen molar-refractivity contribution < 1.29 is 4.74 Å². The van der Waals surface area contributed by atoms with Gasteiger partial charge >= 0.3 is 0 Å². The summed E-state index contributed by atoms with van der Waals surface area (Å²) in [5.41, 5.74) is 1.39. The highest BCUT2D eigenvalue weighted by Crippen LogP contribution is 2.18. The lowest BCUT2D eigenvalue weighted by molar-refractivity contribution is 0.340. The Kier molecular flexibility index (Phi) is 6.66. The van der Waals surface area contributed by atoms with Gasteiger partial charge in [-0.25, -0.2) is 0 Å². The van der Waals surface area contributed by atoms with E-state index in [-0.39, 0.29) is 0 Å². The molecule has 0 atom stereocenters. The summed E-state index contributed by atoms with van der Waals surface area (Å²) in [6, 6.07) is 20.5. The van der Waals surface area contributed by atoms with Crippen molar-refractivity contribution in [1.29, 1.82) is 0 Å². The van der Waals surface area contributed by atoms with Gasteiger partial charge in [0.05, 0.1) is 6.61 Å². The van der Waals surface area contributed by atoms with Crippen molar-refractivity contribution in [2.45, 2.75) is 26.2 Å². The average Bonchev–Trinajstić information content (AvgIpc) is 2.58. The summed E-state index contributed by atoms with van der Waals surface area (Å²) in [6.45, 7) is 5.20. The Morgan fingerprint density at radius 1 is 0.810 bits per heavy atom. The van der Waals surface area contributed by atoms with Crippen LogP contribution in [0.5, 0.6) is 5.75 Å². The zero-order chi connectivity index (χ0) is 14.8. The zero-order valence-corrected chi connectivity index (χ0v) is 12.9. The van der Waals surface area contributed by atoms with E-state index in [4.69, 9.17) is 4.74 Å². The first-order chi connectivity index (χ1) is 10.4. The minimum Gasteiger partial charge on any atom is -0.494 e. The minimum absolute atomic E-state index is 0.740. The van der Waals surface area contributed by atoms with Gasteiger partial charge in [-0.2, -0.15) is 0 Å². The molecule has 1 heterocycles. The number of hydrogen-bond donors (Lipinski definition) is 0. The molecule has 2 nitrogen and oxygen atoms in total. The van der Waals surface area contributed by atoms with Crippen LogP contribution in [0.4, 0.5) is 5.69 Å². The smallest absolute Gasteiger partial charge is 0.119 e. The standard InChI is InChI=1S/C11H15N.C8H10O/c1-3-7-11(8-4-1)12-9-5-2-6-10-12;1-2-9-8-6-4-3-5-7-8/h1,3-4,7-8H,2,5-6,9-10H2;3-7H,2H2,1H3. The van der Waals surface area contributed by atoms with Gasteiger partial charge in [0.1, 0.15) is 5.75 Å². The molecule has 2 aromatic rings. The third-order valence-corrected chi connectivity index (χ3v) is 3.53. The third kappa shape index (κ3) is 5.50. The summed E-state index contributed by atoms with van der Waals surface area (Å²) in [7, 11) is 0. The van der Waals surface area contributed by atoms with Crippen LogP contribution in [-0.4, -0.2) is 19.7 Å². The highest BCUT2D eigenvalue weighted by atomic mass is 16.5. The quantitative estimate of drug-likeness (QED) is 0.805. The van der Waals surface area contributed by atoms with Crippen molar-refractivity contribution in [3.05, 3.63) is 60.7 Å². The predicted octanol–water partition coefficient (Wildman–Crippen LogP) is 4.76. The van der Waals surface area contributed by atoms with Crippen LogP contribution in [0.2, 0.25) is 0 Å². The van der Waals surface area contributed by atoms with Crippen LogP contribution in [0.15, 0.2) is 60.7 Å². The normalized spacial score (nSPS) is 14.0. The molecule has 0 radical (unpaired) electrons. The Labute approximate surface area is 128 Å². The number of anilines is 1. The molecule has 0 aliphatic carbocycles. The fourth-order valence-corrected chi connectivity index (χ4v) is 2.47. The number of benzene rings is 2. The Bertz CT molecular complexity index is 477. The highest BCUT2D eigenvalue weighted by Gasteiger charge is 2.09. The molecule has 0 saturated carbocycles. The summed E-state index contributed by atoms with van der Waals surface area (Å²) in [5.74, 6) is 0.944. The van der Waals surface area contributed by atoms with Crippen molar-refractivity contribution in [3.8, 4) is 5.75 Å². The van der Waals surface area contributed by atoms with Crippen LogP contribution in [0.3, 0.4) is 0 Å². The largest absolute Gasteiger partial charge is 0.494 e. The Morgan fingerprint density at radius 3 is 1.95 bits per heavy atom. The molecule has 0 N–H and O–H groups in total. The third-order valence-electron chi connectivity index (χ3n) is 3.53. The van der Waals surface area contributed by atoms with Gasteiger partial charge in [0.15, 0.2) is 0 Å². The van der Waals surface area contributed by atoms with Crippen LogP contribution in [0.25, 0.3) is 0 Å². The van der Waals surface area contributed by atoms with E-state index in [1.165, 1.54) is 38.0 Å². The molecule has 3 rings (SSSR count). The highest BCUT2D eigenvalue weighted by molar-refractivity contribution is 5.46. The molecule has 2 heteroatoms. The first kappa shape index (κ1) is 15.4. The van der Waals surface area contributed by atoms with E-state index < -0.39 is 0 Å². The lowest BCUT2D eigenvalue weighted by atomic mass is 10.1. The number of para-hydroxylation sites is 2. The number of nitrogens with zero attached hydrogens (tertiary/aromatic N) is 1. The fraction of sp³-hybridized carbons (Fsp3) is 0.368. The maximum atomic E-state index is 5.21. The van der Waals surface area contributed by atoms with E-state index in [2.05, 4.69) is 35.2 Å². The zero-order valence-electron chi connectivity index (χ0n) is 12.9. The van der Waals surface area contributed by atoms with Gasteiger partial charge in [-0.3, -0.25) is 0 Å². The summed E-state index contributed by atoms with van der Waals surface area (Å²) in [4.78, 5) is 2.48. The van der Waals surface area contributed by atoms with Crippen LogP contribution >= 0.6 is 0 Å². The van der Waals surface area contributed by atoms with Crippen LogP contribution in [0.1, 0.15) is 26.2 Å². The van der Waals surface area contributed by atoms with Crippen molar-refractivity contribution in [3.63, 3.8) is 0 Å². The van der Waals surface area contributed by atoms with Crippen LogP contribution < -0.4 is 9.64 Å². The van der Waals surface area contributed by atoms with E-state index in [0.29, 0.717) is 0 Å². The van der Waals surface area contributed by atoms with Crippen molar-refractivity contribution in [2.24, 2.45) is 0 Å². The lowest BCUT2D eigenvalue weighted by Crippen LogP contribution is -2.29. The molecule has 0 unspecified atom stereocenters. The molecule has 1 fully saturated rings. The summed E-state index contributed by atoms with van der Waals surface area (Å²) < 4.78 is 5.21. The molecule has 0 aromatic heterocycles. The first-order valence-electron chi connectivity index (χ1n) is 7.88. The van der Waals surface area contributed by atoms with E-state index in [1.807, 2.05) is 37.3 Å². The van der Waals surface area contributed by atoms with Gasteiger partial charge in [0, 0.05) is 18.8 Å². The Morgan fingerprint density at radius 2 is 1.38 bits per heavy atom. The molecule has 0 amide bonds. The molecule has 1 aliphatic heterocycles. The van der Waals surface area contributed by atoms with E-state index >= 15 is 0 Å².